The van der Waals surface area contributed by atoms with E-state index >= 15 is 0 Å². The van der Waals surface area contributed by atoms with Gasteiger partial charge in [-0.1, -0.05) is 0 Å². The molecule has 1 aliphatic rings. The minimum absolute atomic E-state index is 0.0987. The molecule has 2 aromatic heterocycles. The van der Waals surface area contributed by atoms with Gasteiger partial charge in [-0.25, -0.2) is 8.42 Å². The Balaban J connectivity index is 1.96. The first-order chi connectivity index (χ1) is 9.54. The average molecular weight is 328 g/mol. The second kappa shape index (κ2) is 5.23. The van der Waals surface area contributed by atoms with Gasteiger partial charge in [-0.15, -0.1) is 22.7 Å². The van der Waals surface area contributed by atoms with Crippen molar-refractivity contribution < 1.29 is 8.42 Å². The number of nitrogens with two attached hydrogens (primary N) is 1. The summed E-state index contributed by atoms with van der Waals surface area (Å²) in [4.78, 5) is 2.20. The van der Waals surface area contributed by atoms with Crippen LogP contribution in [0.2, 0.25) is 0 Å². The van der Waals surface area contributed by atoms with Crippen LogP contribution in [0.25, 0.3) is 0 Å². The van der Waals surface area contributed by atoms with Gasteiger partial charge in [0.25, 0.3) is 10.0 Å². The minimum atomic E-state index is -3.42. The molecule has 3 rings (SSSR count). The average Bonchev–Trinajstić information content (AvgIpc) is 3.08. The molecule has 0 aliphatic carbocycles. The van der Waals surface area contributed by atoms with Crippen LogP contribution >= 0.6 is 22.7 Å². The molecule has 3 heterocycles. The third-order valence-electron chi connectivity index (χ3n) is 3.62. The fourth-order valence-corrected chi connectivity index (χ4v) is 6.48. The first-order valence-electron chi connectivity index (χ1n) is 6.41. The van der Waals surface area contributed by atoms with Gasteiger partial charge >= 0.3 is 0 Å². The lowest BCUT2D eigenvalue weighted by atomic mass is 10.0. The number of rotatable bonds is 3. The highest BCUT2D eigenvalue weighted by atomic mass is 32.2. The van der Waals surface area contributed by atoms with E-state index in [1.165, 1.54) is 16.2 Å². The molecule has 7 heteroatoms. The van der Waals surface area contributed by atoms with E-state index in [-0.39, 0.29) is 6.04 Å². The molecule has 0 fully saturated rings. The smallest absolute Gasteiger partial charge is 0.253 e. The fraction of sp³-hybridized carbons (Fsp3) is 0.385. The Morgan fingerprint density at radius 2 is 2.20 bits per heavy atom. The van der Waals surface area contributed by atoms with Crippen molar-refractivity contribution in [1.82, 2.24) is 4.31 Å². The molecule has 1 aliphatic heterocycles. The van der Waals surface area contributed by atoms with Gasteiger partial charge in [0.15, 0.2) is 0 Å². The third kappa shape index (κ3) is 2.23. The lowest BCUT2D eigenvalue weighted by Crippen LogP contribution is -2.37. The molecule has 0 saturated carbocycles. The molecule has 0 radical (unpaired) electrons. The number of sulfonamides is 1. The van der Waals surface area contributed by atoms with E-state index < -0.39 is 10.0 Å². The predicted octanol–water partition coefficient (Wildman–Crippen LogP) is 2.58. The van der Waals surface area contributed by atoms with Crippen LogP contribution < -0.4 is 5.73 Å². The standard InChI is InChI=1S/C13H16N2O2S3/c1-9-11-5-7-18-12(11)4-6-15(9)20(16,17)13-3-2-10(8-14)19-13/h2-3,5,7,9H,4,6,8,14H2,1H3. The summed E-state index contributed by atoms with van der Waals surface area (Å²) in [5.41, 5.74) is 6.70. The van der Waals surface area contributed by atoms with Gasteiger partial charge in [0.05, 0.1) is 0 Å². The predicted molar refractivity (Wildman–Crippen MR) is 82.5 cm³/mol. The minimum Gasteiger partial charge on any atom is -0.326 e. The SMILES string of the molecule is CC1c2ccsc2CCN1S(=O)(=O)c1ccc(CN)s1. The van der Waals surface area contributed by atoms with Crippen LogP contribution in [-0.4, -0.2) is 19.3 Å². The van der Waals surface area contributed by atoms with E-state index in [9.17, 15) is 8.42 Å². The molecule has 2 N–H and O–H groups in total. The largest absolute Gasteiger partial charge is 0.326 e. The molecule has 0 amide bonds. The second-order valence-corrected chi connectivity index (χ2v) is 9.05. The van der Waals surface area contributed by atoms with Crippen LogP contribution in [0.1, 0.15) is 28.3 Å². The number of thiophene rings is 2. The summed E-state index contributed by atoms with van der Waals surface area (Å²) in [5, 5.41) is 2.04. The van der Waals surface area contributed by atoms with Crippen LogP contribution in [0.3, 0.4) is 0 Å². The van der Waals surface area contributed by atoms with Gasteiger partial charge in [0, 0.05) is 28.9 Å². The Bertz CT molecular complexity index is 718. The van der Waals surface area contributed by atoms with Crippen molar-refractivity contribution in [3.63, 3.8) is 0 Å². The zero-order chi connectivity index (χ0) is 14.3. The molecule has 0 bridgehead atoms. The molecule has 20 heavy (non-hydrogen) atoms. The Morgan fingerprint density at radius 1 is 1.40 bits per heavy atom. The van der Waals surface area contributed by atoms with E-state index in [2.05, 4.69) is 0 Å². The van der Waals surface area contributed by atoms with Crippen molar-refractivity contribution in [1.29, 1.82) is 0 Å². The number of hydrogen-bond donors (Lipinski definition) is 1. The molecule has 2 aromatic rings. The quantitative estimate of drug-likeness (QED) is 0.942. The maximum atomic E-state index is 12.8. The van der Waals surface area contributed by atoms with Crippen LogP contribution in [0, 0.1) is 0 Å². The third-order valence-corrected chi connectivity index (χ3v) is 8.16. The molecule has 1 atom stereocenters. The van der Waals surface area contributed by atoms with Gasteiger partial charge in [0.2, 0.25) is 0 Å². The summed E-state index contributed by atoms with van der Waals surface area (Å²) >= 11 is 2.98. The van der Waals surface area contributed by atoms with E-state index in [1.807, 2.05) is 18.4 Å². The molecule has 0 spiro atoms. The monoisotopic (exact) mass is 328 g/mol. The maximum absolute atomic E-state index is 12.8. The Hall–Kier alpha value is -0.730. The maximum Gasteiger partial charge on any atom is 0.253 e. The van der Waals surface area contributed by atoms with E-state index in [0.29, 0.717) is 17.3 Å². The fourth-order valence-electron chi connectivity index (χ4n) is 2.54. The van der Waals surface area contributed by atoms with Gasteiger partial charge in [-0.05, 0) is 42.5 Å². The zero-order valence-electron chi connectivity index (χ0n) is 11.1. The molecule has 0 saturated heterocycles. The highest BCUT2D eigenvalue weighted by Crippen LogP contribution is 2.37. The summed E-state index contributed by atoms with van der Waals surface area (Å²) < 4.78 is 27.5. The normalized spacial score (nSPS) is 20.0. The summed E-state index contributed by atoms with van der Waals surface area (Å²) in [6.07, 6.45) is 0.797. The summed E-state index contributed by atoms with van der Waals surface area (Å²) in [6, 6.07) is 5.39. The van der Waals surface area contributed by atoms with E-state index in [0.717, 1.165) is 16.9 Å². The van der Waals surface area contributed by atoms with Crippen LogP contribution in [0.5, 0.6) is 0 Å². The number of nitrogens with zero attached hydrogens (tertiary/aromatic N) is 1. The number of hydrogen-bond acceptors (Lipinski definition) is 5. The summed E-state index contributed by atoms with van der Waals surface area (Å²) in [7, 11) is -3.42. The van der Waals surface area contributed by atoms with Gasteiger partial charge in [-0.2, -0.15) is 4.31 Å². The molecular formula is C13H16N2O2S3. The van der Waals surface area contributed by atoms with Crippen molar-refractivity contribution in [2.45, 2.75) is 30.1 Å². The van der Waals surface area contributed by atoms with Crippen molar-refractivity contribution in [3.8, 4) is 0 Å². The van der Waals surface area contributed by atoms with Gasteiger partial charge in [-0.3, -0.25) is 0 Å². The molecule has 108 valence electrons. The highest BCUT2D eigenvalue weighted by Gasteiger charge is 2.35. The molecule has 0 aromatic carbocycles. The Morgan fingerprint density at radius 3 is 2.90 bits per heavy atom. The highest BCUT2D eigenvalue weighted by molar-refractivity contribution is 7.91. The lowest BCUT2D eigenvalue weighted by molar-refractivity contribution is 0.330. The molecule has 1 unspecified atom stereocenters. The van der Waals surface area contributed by atoms with E-state index in [1.54, 1.807) is 27.8 Å². The van der Waals surface area contributed by atoms with Crippen LogP contribution in [0.15, 0.2) is 27.8 Å². The summed E-state index contributed by atoms with van der Waals surface area (Å²) in [6.45, 7) is 2.89. The zero-order valence-corrected chi connectivity index (χ0v) is 13.5. The van der Waals surface area contributed by atoms with Crippen molar-refractivity contribution >= 4 is 32.7 Å². The molecule has 4 nitrogen and oxygen atoms in total. The molecular weight excluding hydrogens is 312 g/mol. The van der Waals surface area contributed by atoms with Crippen molar-refractivity contribution in [2.24, 2.45) is 5.73 Å². The van der Waals surface area contributed by atoms with Crippen LogP contribution in [-0.2, 0) is 23.0 Å². The Labute approximate surface area is 126 Å². The first kappa shape index (κ1) is 14.2. The van der Waals surface area contributed by atoms with Crippen molar-refractivity contribution in [2.75, 3.05) is 6.54 Å². The second-order valence-electron chi connectivity index (χ2n) is 4.77. The van der Waals surface area contributed by atoms with E-state index in [4.69, 9.17) is 5.73 Å². The summed E-state index contributed by atoms with van der Waals surface area (Å²) in [5.74, 6) is 0. The number of fused-ring (bicyclic) bond motifs is 1. The van der Waals surface area contributed by atoms with Crippen LogP contribution in [0.4, 0.5) is 0 Å². The van der Waals surface area contributed by atoms with Gasteiger partial charge in [0.1, 0.15) is 4.21 Å². The van der Waals surface area contributed by atoms with Crippen molar-refractivity contribution in [3.05, 3.63) is 38.9 Å². The lowest BCUT2D eigenvalue weighted by Gasteiger charge is -2.32. The topological polar surface area (TPSA) is 63.4 Å². The Kier molecular flexibility index (Phi) is 3.72. The van der Waals surface area contributed by atoms with Gasteiger partial charge < -0.3 is 5.73 Å². The first-order valence-corrected chi connectivity index (χ1v) is 9.54.